The van der Waals surface area contributed by atoms with Crippen LogP contribution < -0.4 is 5.73 Å². The molecule has 1 amide bonds. The smallest absolute Gasteiger partial charge is 0.251 e. The van der Waals surface area contributed by atoms with E-state index in [0.717, 1.165) is 4.73 Å². The summed E-state index contributed by atoms with van der Waals surface area (Å²) < 4.78 is 0.832. The van der Waals surface area contributed by atoms with Gasteiger partial charge in [0.05, 0.1) is 11.8 Å². The number of aromatic nitrogens is 2. The van der Waals surface area contributed by atoms with Crippen LogP contribution in [0, 0.1) is 11.5 Å². The second kappa shape index (κ2) is 6.93. The first kappa shape index (κ1) is 19.1. The van der Waals surface area contributed by atoms with E-state index >= 15 is 0 Å². The third-order valence-corrected chi connectivity index (χ3v) is 11.5. The van der Waals surface area contributed by atoms with E-state index in [4.69, 9.17) is 5.73 Å². The van der Waals surface area contributed by atoms with Crippen molar-refractivity contribution >= 4 is 14.0 Å². The van der Waals surface area contributed by atoms with Gasteiger partial charge in [0.25, 0.3) is 5.91 Å². The number of carbonyl (C=O) groups excluding carboxylic acids is 1. The van der Waals surface area contributed by atoms with E-state index in [1.165, 1.54) is 6.20 Å². The first-order valence-corrected chi connectivity index (χ1v) is 10.9. The van der Waals surface area contributed by atoms with Gasteiger partial charge in [0.15, 0.2) is 5.82 Å². The van der Waals surface area contributed by atoms with E-state index in [9.17, 15) is 10.0 Å². The topological polar surface area (TPSA) is 81.1 Å². The number of carbonyl (C=O) groups is 1. The highest BCUT2D eigenvalue weighted by Gasteiger charge is 2.41. The van der Waals surface area contributed by atoms with Gasteiger partial charge in [-0.25, -0.2) is 4.98 Å². The molecule has 0 aliphatic carbocycles. The Hall–Kier alpha value is -2.26. The quantitative estimate of drug-likeness (QED) is 0.495. The highest BCUT2D eigenvalue weighted by atomic mass is 28.3. The van der Waals surface area contributed by atoms with E-state index < -0.39 is 14.0 Å². The van der Waals surface area contributed by atoms with Crippen LogP contribution in [0.5, 0.6) is 0 Å². The van der Waals surface area contributed by atoms with Crippen LogP contribution in [0.15, 0.2) is 18.5 Å². The maximum absolute atomic E-state index is 11.9. The van der Waals surface area contributed by atoms with E-state index in [1.807, 2.05) is 0 Å². The third-order valence-electron chi connectivity index (χ3n) is 5.22. The van der Waals surface area contributed by atoms with Crippen LogP contribution in [0.4, 0.5) is 0 Å². The summed E-state index contributed by atoms with van der Waals surface area (Å²) in [5, 5.41) is 10.0. The van der Waals surface area contributed by atoms with Gasteiger partial charge in [-0.1, -0.05) is 47.5 Å². The normalized spacial score (nSPS) is 12.0. The SMILES string of the molecule is CC(C)[Si](C#Cc1c(C(N)=O)cn(O)c2nccc1-2)(C(C)C)C(C)C. The number of amides is 1. The average Bonchev–Trinajstić information content (AvgIpc) is 2.98. The van der Waals surface area contributed by atoms with Crippen LogP contribution in [0.1, 0.15) is 57.5 Å². The summed E-state index contributed by atoms with van der Waals surface area (Å²) in [6, 6.07) is 1.75. The summed E-state index contributed by atoms with van der Waals surface area (Å²) >= 11 is 0. The number of fused-ring (bicyclic) bond motifs is 1. The Bertz CT molecular complexity index is 790. The van der Waals surface area contributed by atoms with Gasteiger partial charge in [0, 0.05) is 17.3 Å². The van der Waals surface area contributed by atoms with Crippen molar-refractivity contribution in [3.63, 3.8) is 0 Å². The number of rotatable bonds is 4. The summed E-state index contributed by atoms with van der Waals surface area (Å²) in [5.41, 5.74) is 12.0. The number of hydrogen-bond acceptors (Lipinski definition) is 3. The first-order valence-electron chi connectivity index (χ1n) is 8.65. The Kier molecular flexibility index (Phi) is 5.28. The van der Waals surface area contributed by atoms with Gasteiger partial charge in [-0.05, 0) is 22.7 Å². The average molecular weight is 358 g/mol. The molecule has 3 N–H and O–H groups in total. The molecule has 5 nitrogen and oxygen atoms in total. The van der Waals surface area contributed by atoms with Gasteiger partial charge < -0.3 is 10.9 Å². The van der Waals surface area contributed by atoms with Crippen LogP contribution in [0.2, 0.25) is 16.6 Å². The van der Waals surface area contributed by atoms with Crippen molar-refractivity contribution < 1.29 is 10.0 Å². The first-order chi connectivity index (χ1) is 11.6. The zero-order valence-corrected chi connectivity index (χ0v) is 16.8. The lowest BCUT2D eigenvalue weighted by Crippen LogP contribution is -2.43. The molecular formula is C19H27N3O2Si. The minimum absolute atomic E-state index is 0.217. The summed E-state index contributed by atoms with van der Waals surface area (Å²) in [5.74, 6) is 3.05. The Labute approximate surface area is 150 Å². The second-order valence-corrected chi connectivity index (χ2v) is 13.0. The Balaban J connectivity index is 2.75. The molecule has 0 fully saturated rings. The molecular weight excluding hydrogens is 330 g/mol. The monoisotopic (exact) mass is 357 g/mol. The van der Waals surface area contributed by atoms with Gasteiger partial charge in [0.2, 0.25) is 0 Å². The minimum atomic E-state index is -1.95. The molecule has 134 valence electrons. The molecule has 6 heteroatoms. The summed E-state index contributed by atoms with van der Waals surface area (Å²) in [7, 11) is -1.95. The molecule has 0 atom stereocenters. The summed E-state index contributed by atoms with van der Waals surface area (Å²) in [6.45, 7) is 13.4. The fourth-order valence-corrected chi connectivity index (χ4v) is 9.23. The maximum Gasteiger partial charge on any atom is 0.251 e. The lowest BCUT2D eigenvalue weighted by Gasteiger charge is -2.38. The zero-order valence-electron chi connectivity index (χ0n) is 15.8. The summed E-state index contributed by atoms with van der Waals surface area (Å²) in [6.07, 6.45) is 2.89. The highest BCUT2D eigenvalue weighted by Crippen LogP contribution is 2.41. The number of nitrogens with two attached hydrogens (primary N) is 1. The largest absolute Gasteiger partial charge is 0.427 e. The van der Waals surface area contributed by atoms with Gasteiger partial charge in [-0.15, -0.1) is 5.54 Å². The number of pyridine rings is 1. The van der Waals surface area contributed by atoms with Crippen molar-refractivity contribution in [3.8, 4) is 22.9 Å². The van der Waals surface area contributed by atoms with Crippen molar-refractivity contribution in [2.75, 3.05) is 0 Å². The predicted octanol–water partition coefficient (Wildman–Crippen LogP) is 3.89. The zero-order chi connectivity index (χ0) is 18.9. The van der Waals surface area contributed by atoms with Crippen LogP contribution in [0.25, 0.3) is 11.4 Å². The standard InChI is InChI=1S/C19H27N3O2Si/c1-12(2)25(13(3)4,14(5)6)10-8-15-16-7-9-21-19(16)22(24)11-17(15)18(20)23/h7,9,11-14,24H,1-6H3,(H2,20,23). The molecule has 2 heterocycles. The van der Waals surface area contributed by atoms with Crippen molar-refractivity contribution in [1.82, 2.24) is 9.71 Å². The minimum Gasteiger partial charge on any atom is -0.427 e. The molecule has 0 aromatic rings. The molecule has 2 rings (SSSR count). The number of primary amides is 1. The molecule has 0 saturated carbocycles. The van der Waals surface area contributed by atoms with Crippen molar-refractivity contribution in [2.45, 2.75) is 58.2 Å². The molecule has 0 radical (unpaired) electrons. The van der Waals surface area contributed by atoms with Crippen molar-refractivity contribution in [2.24, 2.45) is 5.73 Å². The van der Waals surface area contributed by atoms with E-state index in [-0.39, 0.29) is 5.56 Å². The molecule has 0 bridgehead atoms. The molecule has 0 unspecified atom stereocenters. The molecule has 0 spiro atoms. The highest BCUT2D eigenvalue weighted by molar-refractivity contribution is 6.90. The fraction of sp³-hybridized carbons (Fsp3) is 0.474. The summed E-state index contributed by atoms with van der Waals surface area (Å²) in [4.78, 5) is 16.0. The van der Waals surface area contributed by atoms with Crippen molar-refractivity contribution in [3.05, 3.63) is 29.6 Å². The second-order valence-electron chi connectivity index (χ2n) is 7.46. The van der Waals surface area contributed by atoms with Crippen LogP contribution in [-0.4, -0.2) is 28.9 Å². The van der Waals surface area contributed by atoms with E-state index in [1.54, 1.807) is 12.3 Å². The third kappa shape index (κ3) is 3.16. The number of hydrogen-bond donors (Lipinski definition) is 2. The van der Waals surface area contributed by atoms with E-state index in [2.05, 4.69) is 58.0 Å². The molecule has 2 aliphatic heterocycles. The predicted molar refractivity (Wildman–Crippen MR) is 102 cm³/mol. The Morgan fingerprint density at radius 1 is 1.20 bits per heavy atom. The maximum atomic E-state index is 11.9. The van der Waals surface area contributed by atoms with Gasteiger partial charge >= 0.3 is 0 Å². The van der Waals surface area contributed by atoms with Crippen molar-refractivity contribution in [1.29, 1.82) is 0 Å². The number of nitrogens with zero attached hydrogens (tertiary/aromatic N) is 2. The molecule has 0 aromatic carbocycles. The van der Waals surface area contributed by atoms with Crippen LogP contribution in [0.3, 0.4) is 0 Å². The lowest BCUT2D eigenvalue weighted by molar-refractivity contribution is 0.0994. The van der Waals surface area contributed by atoms with Crippen LogP contribution in [-0.2, 0) is 0 Å². The van der Waals surface area contributed by atoms with Gasteiger partial charge in [0.1, 0.15) is 8.07 Å². The van der Waals surface area contributed by atoms with Gasteiger partial charge in [-0.2, -0.15) is 4.73 Å². The van der Waals surface area contributed by atoms with Crippen LogP contribution >= 0.6 is 0 Å². The fourth-order valence-electron chi connectivity index (χ4n) is 4.02. The lowest BCUT2D eigenvalue weighted by atomic mass is 10.0. The molecule has 0 aromatic heterocycles. The van der Waals surface area contributed by atoms with Gasteiger partial charge in [-0.3, -0.25) is 4.79 Å². The van der Waals surface area contributed by atoms with E-state index in [0.29, 0.717) is 33.6 Å². The Morgan fingerprint density at radius 2 is 1.76 bits per heavy atom. The molecule has 25 heavy (non-hydrogen) atoms. The molecule has 2 aliphatic rings. The Morgan fingerprint density at radius 3 is 2.24 bits per heavy atom. The molecule has 0 saturated heterocycles.